The average molecular weight is 297 g/mol. The van der Waals surface area contributed by atoms with Crippen LogP contribution in [0.4, 0.5) is 11.5 Å². The van der Waals surface area contributed by atoms with Gasteiger partial charge in [-0.05, 0) is 30.9 Å². The predicted octanol–water partition coefficient (Wildman–Crippen LogP) is 2.79. The molecule has 0 spiro atoms. The van der Waals surface area contributed by atoms with Gasteiger partial charge in [-0.1, -0.05) is 12.8 Å². The van der Waals surface area contributed by atoms with Crippen molar-refractivity contribution in [1.29, 1.82) is 0 Å². The van der Waals surface area contributed by atoms with Gasteiger partial charge in [0.15, 0.2) is 0 Å². The minimum Gasteiger partial charge on any atom is -0.465 e. The van der Waals surface area contributed by atoms with Crippen LogP contribution in [0.25, 0.3) is 0 Å². The number of esters is 1. The minimum absolute atomic E-state index is 0.349. The first-order chi connectivity index (χ1) is 9.70. The molecule has 0 aliphatic carbocycles. The highest BCUT2D eigenvalue weighted by molar-refractivity contribution is 7.98. The van der Waals surface area contributed by atoms with Crippen molar-refractivity contribution in [1.82, 2.24) is 4.98 Å². The molecule has 1 heterocycles. The summed E-state index contributed by atoms with van der Waals surface area (Å²) in [6, 6.07) is 1.56. The summed E-state index contributed by atoms with van der Waals surface area (Å²) in [6.07, 6.45) is 8.45. The number of unbranched alkanes of at least 4 members (excludes halogenated alkanes) is 3. The Labute approximate surface area is 124 Å². The lowest BCUT2D eigenvalue weighted by Crippen LogP contribution is -2.11. The summed E-state index contributed by atoms with van der Waals surface area (Å²) >= 11 is 1.88. The summed E-state index contributed by atoms with van der Waals surface area (Å²) in [6.45, 7) is 0.807. The molecular weight excluding hydrogens is 274 g/mol. The number of hydrogen-bond acceptors (Lipinski definition) is 6. The molecule has 0 radical (unpaired) electrons. The predicted molar refractivity (Wildman–Crippen MR) is 85.3 cm³/mol. The fourth-order valence-electron chi connectivity index (χ4n) is 1.83. The van der Waals surface area contributed by atoms with Gasteiger partial charge in [0, 0.05) is 12.7 Å². The normalized spacial score (nSPS) is 10.3. The molecule has 0 aromatic carbocycles. The fourth-order valence-corrected chi connectivity index (χ4v) is 2.33. The third kappa shape index (κ3) is 5.28. The third-order valence-corrected chi connectivity index (χ3v) is 3.66. The van der Waals surface area contributed by atoms with Crippen LogP contribution in [0, 0.1) is 0 Å². The van der Waals surface area contributed by atoms with E-state index in [9.17, 15) is 4.79 Å². The van der Waals surface area contributed by atoms with E-state index in [2.05, 4.69) is 21.3 Å². The van der Waals surface area contributed by atoms with E-state index in [4.69, 9.17) is 5.73 Å². The molecule has 0 fully saturated rings. The summed E-state index contributed by atoms with van der Waals surface area (Å²) in [5.74, 6) is 1.34. The van der Waals surface area contributed by atoms with Gasteiger partial charge in [-0.2, -0.15) is 11.8 Å². The van der Waals surface area contributed by atoms with Crippen molar-refractivity contribution in [3.8, 4) is 0 Å². The summed E-state index contributed by atoms with van der Waals surface area (Å²) in [5.41, 5.74) is 6.61. The number of nitrogens with one attached hydrogen (secondary N) is 1. The number of rotatable bonds is 9. The second-order valence-electron chi connectivity index (χ2n) is 4.45. The summed E-state index contributed by atoms with van der Waals surface area (Å²) < 4.78 is 4.68. The number of aromatic nitrogens is 1. The fraction of sp³-hybridized carbons (Fsp3) is 0.571. The maximum absolute atomic E-state index is 11.5. The zero-order chi connectivity index (χ0) is 14.8. The molecule has 0 aliphatic heterocycles. The lowest BCUT2D eigenvalue weighted by atomic mass is 10.2. The van der Waals surface area contributed by atoms with E-state index in [0.29, 0.717) is 17.1 Å². The van der Waals surface area contributed by atoms with Gasteiger partial charge in [-0.25, -0.2) is 9.78 Å². The van der Waals surface area contributed by atoms with Crippen LogP contribution in [0.3, 0.4) is 0 Å². The van der Waals surface area contributed by atoms with Gasteiger partial charge < -0.3 is 15.8 Å². The quantitative estimate of drug-likeness (QED) is 0.539. The summed E-state index contributed by atoms with van der Waals surface area (Å²) in [5, 5.41) is 3.17. The van der Waals surface area contributed by atoms with E-state index in [1.165, 1.54) is 32.1 Å². The van der Waals surface area contributed by atoms with Crippen molar-refractivity contribution in [2.45, 2.75) is 25.7 Å². The Morgan fingerprint density at radius 2 is 2.15 bits per heavy atom. The van der Waals surface area contributed by atoms with Gasteiger partial charge >= 0.3 is 5.97 Å². The molecule has 0 amide bonds. The SMILES string of the molecule is COC(=O)c1ccnc(NCCCCCCSC)c1N. The van der Waals surface area contributed by atoms with Crippen molar-refractivity contribution in [3.05, 3.63) is 17.8 Å². The van der Waals surface area contributed by atoms with Gasteiger partial charge in [0.1, 0.15) is 5.82 Å². The number of anilines is 2. The molecule has 112 valence electrons. The van der Waals surface area contributed by atoms with Gasteiger partial charge in [-0.3, -0.25) is 0 Å². The Balaban J connectivity index is 2.39. The number of carbonyl (C=O) groups excluding carboxylic acids is 1. The smallest absolute Gasteiger partial charge is 0.340 e. The first-order valence-corrected chi connectivity index (χ1v) is 8.15. The Morgan fingerprint density at radius 1 is 1.40 bits per heavy atom. The summed E-state index contributed by atoms with van der Waals surface area (Å²) in [4.78, 5) is 15.7. The highest BCUT2D eigenvalue weighted by Gasteiger charge is 2.13. The van der Waals surface area contributed by atoms with Crippen LogP contribution in [0.2, 0.25) is 0 Å². The Hall–Kier alpha value is -1.43. The molecule has 20 heavy (non-hydrogen) atoms. The largest absolute Gasteiger partial charge is 0.465 e. The molecule has 0 bridgehead atoms. The maximum atomic E-state index is 11.5. The second kappa shape index (κ2) is 9.47. The van der Waals surface area contributed by atoms with Crippen LogP contribution in [0.5, 0.6) is 0 Å². The molecular formula is C14H23N3O2S. The number of nitrogen functional groups attached to an aromatic ring is 1. The lowest BCUT2D eigenvalue weighted by molar-refractivity contribution is 0.0602. The lowest BCUT2D eigenvalue weighted by Gasteiger charge is -2.10. The van der Waals surface area contributed by atoms with E-state index < -0.39 is 5.97 Å². The topological polar surface area (TPSA) is 77.2 Å². The van der Waals surface area contributed by atoms with E-state index in [0.717, 1.165) is 13.0 Å². The van der Waals surface area contributed by atoms with Crippen LogP contribution in [0.15, 0.2) is 12.3 Å². The molecule has 0 atom stereocenters. The van der Waals surface area contributed by atoms with E-state index >= 15 is 0 Å². The Kier molecular flexibility index (Phi) is 7.87. The zero-order valence-electron chi connectivity index (χ0n) is 12.1. The number of pyridine rings is 1. The van der Waals surface area contributed by atoms with Gasteiger partial charge in [-0.15, -0.1) is 0 Å². The molecule has 5 nitrogen and oxygen atoms in total. The van der Waals surface area contributed by atoms with Gasteiger partial charge in [0.2, 0.25) is 0 Å². The number of carbonyl (C=O) groups is 1. The van der Waals surface area contributed by atoms with Gasteiger partial charge in [0.05, 0.1) is 18.4 Å². The standard InChI is InChI=1S/C14H23N3O2S/c1-19-14(18)11-7-9-17-13(12(11)15)16-8-5-3-4-6-10-20-2/h7,9H,3-6,8,10,15H2,1-2H3,(H,16,17). The maximum Gasteiger partial charge on any atom is 0.340 e. The molecule has 3 N–H and O–H groups in total. The molecule has 1 aromatic rings. The molecule has 1 aromatic heterocycles. The van der Waals surface area contributed by atoms with E-state index in [1.54, 1.807) is 12.3 Å². The van der Waals surface area contributed by atoms with Crippen molar-refractivity contribution >= 4 is 29.2 Å². The van der Waals surface area contributed by atoms with Crippen molar-refractivity contribution < 1.29 is 9.53 Å². The van der Waals surface area contributed by atoms with Crippen LogP contribution in [-0.2, 0) is 4.74 Å². The van der Waals surface area contributed by atoms with E-state index in [1.807, 2.05) is 11.8 Å². The van der Waals surface area contributed by atoms with Crippen molar-refractivity contribution in [2.24, 2.45) is 0 Å². The number of hydrogen-bond donors (Lipinski definition) is 2. The number of nitrogens with two attached hydrogens (primary N) is 1. The first-order valence-electron chi connectivity index (χ1n) is 6.76. The highest BCUT2D eigenvalue weighted by atomic mass is 32.2. The van der Waals surface area contributed by atoms with Crippen LogP contribution in [-0.4, -0.2) is 36.6 Å². The minimum atomic E-state index is -0.440. The molecule has 0 aliphatic rings. The molecule has 0 saturated heterocycles. The average Bonchev–Trinajstić information content (AvgIpc) is 2.47. The monoisotopic (exact) mass is 297 g/mol. The molecule has 0 saturated carbocycles. The Bertz CT molecular complexity index is 427. The highest BCUT2D eigenvalue weighted by Crippen LogP contribution is 2.20. The van der Waals surface area contributed by atoms with E-state index in [-0.39, 0.29) is 0 Å². The van der Waals surface area contributed by atoms with Gasteiger partial charge in [0.25, 0.3) is 0 Å². The molecule has 1 rings (SSSR count). The number of ether oxygens (including phenoxy) is 1. The number of thioether (sulfide) groups is 1. The number of nitrogens with zero attached hydrogens (tertiary/aromatic N) is 1. The molecule has 6 heteroatoms. The third-order valence-electron chi connectivity index (χ3n) is 2.96. The second-order valence-corrected chi connectivity index (χ2v) is 5.43. The number of methoxy groups -OCH3 is 1. The van der Waals surface area contributed by atoms with Crippen molar-refractivity contribution in [3.63, 3.8) is 0 Å². The van der Waals surface area contributed by atoms with Crippen molar-refractivity contribution in [2.75, 3.05) is 36.7 Å². The first kappa shape index (κ1) is 16.6. The van der Waals surface area contributed by atoms with Crippen LogP contribution >= 0.6 is 11.8 Å². The van der Waals surface area contributed by atoms with Crippen LogP contribution in [0.1, 0.15) is 36.0 Å². The summed E-state index contributed by atoms with van der Waals surface area (Å²) in [7, 11) is 1.34. The molecule has 0 unspecified atom stereocenters. The zero-order valence-corrected chi connectivity index (χ0v) is 13.0. The Morgan fingerprint density at radius 3 is 2.85 bits per heavy atom. The van der Waals surface area contributed by atoms with Crippen LogP contribution < -0.4 is 11.1 Å².